The van der Waals surface area contributed by atoms with Gasteiger partial charge in [0, 0.05) is 10.1 Å². The van der Waals surface area contributed by atoms with E-state index in [1.807, 2.05) is 6.07 Å². The van der Waals surface area contributed by atoms with Crippen molar-refractivity contribution in [3.05, 3.63) is 20.8 Å². The molecule has 0 aliphatic heterocycles. The minimum absolute atomic E-state index is 0. The van der Waals surface area contributed by atoms with Crippen LogP contribution in [-0.2, 0) is 4.79 Å². The fourth-order valence-corrected chi connectivity index (χ4v) is 1.55. The zero-order chi connectivity index (χ0) is 5.98. The monoisotopic (exact) mass is 456 g/mol. The molecule has 0 N–H and O–H groups in total. The molecular weight excluding hydrogens is 455 g/mol. The Hall–Kier alpha value is -1.15. The molecule has 1 nitrogen and oxygen atoms in total. The molecule has 44 valence electrons. The Balaban J connectivity index is 0.000000640. The van der Waals surface area contributed by atoms with Crippen LogP contribution in [0.5, 0.6) is 0 Å². The topological polar surface area (TPSA) is 17.1 Å². The first kappa shape index (κ1) is 7.85. The van der Waals surface area contributed by atoms with Gasteiger partial charge in [-0.1, -0.05) is 0 Å². The molecule has 0 unspecified atom stereocenters. The average Bonchev–Trinajstić information content (AvgIpc) is 2.14. The van der Waals surface area contributed by atoms with Crippen molar-refractivity contribution >= 4 is 33.6 Å². The van der Waals surface area contributed by atoms with E-state index in [9.17, 15) is 4.79 Å². The minimum atomic E-state index is 0. The Kier molecular flexibility index (Phi) is 2.61. The Bertz CT molecular complexity index is 199. The summed E-state index contributed by atoms with van der Waals surface area (Å²) < 4.78 is 0.968. The van der Waals surface area contributed by atoms with Gasteiger partial charge in [0.1, 0.15) is 0 Å². The Labute approximate surface area is 59.5 Å². The molecule has 0 aliphatic rings. The molecule has 1 aromatic rings. The van der Waals surface area contributed by atoms with Crippen LogP contribution >= 0.6 is 27.3 Å². The fourth-order valence-electron chi connectivity index (χ4n) is 0.369. The maximum Gasteiger partial charge on any atom is 0.0498 e. The molecule has 0 spiro atoms. The summed E-state index contributed by atoms with van der Waals surface area (Å²) in [6.45, 7) is 0. The number of halogens is 1. The van der Waals surface area contributed by atoms with E-state index in [-0.39, 0.29) is 0 Å². The minimum Gasteiger partial charge on any atom is -0.417 e. The van der Waals surface area contributed by atoms with E-state index in [0.717, 1.165) is 3.79 Å². The van der Waals surface area contributed by atoms with Crippen molar-refractivity contribution < 1.29 is 4.79 Å². The number of hydrogen-bond acceptors (Lipinski definition) is 2. The van der Waals surface area contributed by atoms with Crippen LogP contribution in [0, 0.1) is 0 Å². The molecule has 1 rings (SSSR count). The smallest absolute Gasteiger partial charge is 0.0498 e. The molecular formula is C5H2BrORfS-. The van der Waals surface area contributed by atoms with Gasteiger partial charge in [0.05, 0.1) is 0 Å². The standard InChI is InChI=1S/C5H2BrOS.Rf/c6-5-2-1-4(3-7)8-5;/h1-2H;/q-1;. The molecule has 0 saturated carbocycles. The Morgan fingerprint density at radius 2 is 2.22 bits per heavy atom. The van der Waals surface area contributed by atoms with E-state index in [1.54, 1.807) is 12.4 Å². The van der Waals surface area contributed by atoms with E-state index in [4.69, 9.17) is 0 Å². The summed E-state index contributed by atoms with van der Waals surface area (Å²) >= 11 is 4.59. The molecule has 0 atom stereocenters. The summed E-state index contributed by atoms with van der Waals surface area (Å²) in [5, 5.41) is 0. The van der Waals surface area contributed by atoms with Crippen LogP contribution in [-0.4, -0.2) is 6.29 Å². The summed E-state index contributed by atoms with van der Waals surface area (Å²) in [6, 6.07) is 3.55. The van der Waals surface area contributed by atoms with Crippen LogP contribution in [0.15, 0.2) is 15.9 Å². The van der Waals surface area contributed by atoms with Gasteiger partial charge < -0.3 is 4.79 Å². The zero-order valence-electron chi connectivity index (χ0n) is 4.56. The molecule has 1 aromatic heterocycles. The zero-order valence-corrected chi connectivity index (χ0v) is 13.4. The number of thiophene rings is 1. The molecule has 0 aromatic carbocycles. The predicted molar refractivity (Wildman–Crippen MR) is 36.8 cm³/mol. The van der Waals surface area contributed by atoms with Crippen LogP contribution in [0.3, 0.4) is 0 Å². The van der Waals surface area contributed by atoms with Crippen LogP contribution in [0.25, 0.3) is 0 Å². The van der Waals surface area contributed by atoms with E-state index >= 15 is 0 Å². The number of rotatable bonds is 1. The van der Waals surface area contributed by atoms with Gasteiger partial charge >= 0.3 is 0 Å². The second kappa shape index (κ2) is 2.99. The van der Waals surface area contributed by atoms with Gasteiger partial charge in [0.25, 0.3) is 0 Å². The van der Waals surface area contributed by atoms with E-state index in [0.29, 0.717) is 4.88 Å². The number of hydrogen-bond donors (Lipinski definition) is 0. The van der Waals surface area contributed by atoms with Crippen molar-refractivity contribution in [2.75, 3.05) is 0 Å². The van der Waals surface area contributed by atoms with Crippen LogP contribution in [0.2, 0.25) is 0 Å². The molecule has 9 heavy (non-hydrogen) atoms. The number of carbonyl (C=O) groups excluding carboxylic acids is 1. The SMILES string of the molecule is O=[C-]c1ccc(Br)s1.[Rf]. The maximum atomic E-state index is 9.88. The summed E-state index contributed by atoms with van der Waals surface area (Å²) in [5.74, 6) is 0. The summed E-state index contributed by atoms with van der Waals surface area (Å²) in [5.41, 5.74) is 0. The van der Waals surface area contributed by atoms with Crippen LogP contribution in [0.1, 0.15) is 4.88 Å². The molecule has 0 amide bonds. The first-order valence-corrected chi connectivity index (χ1v) is 3.57. The molecule has 1 heterocycles. The molecule has 0 fully saturated rings. The average molecular weight is 457 g/mol. The fraction of sp³-hybridized carbons (Fsp3) is 0. The second-order valence-electron chi connectivity index (χ2n) is 1.21. The third kappa shape index (κ3) is 1.66. The molecule has 0 saturated heterocycles. The van der Waals surface area contributed by atoms with Crippen LogP contribution in [0.4, 0.5) is 0 Å². The summed E-state index contributed by atoms with van der Waals surface area (Å²) in [4.78, 5) is 10.5. The van der Waals surface area contributed by atoms with Crippen molar-refractivity contribution in [2.45, 2.75) is 0 Å². The van der Waals surface area contributed by atoms with E-state index in [2.05, 4.69) is 15.9 Å². The quantitative estimate of drug-likeness (QED) is 0.590. The van der Waals surface area contributed by atoms with Gasteiger partial charge in [-0.3, -0.25) is 0 Å². The van der Waals surface area contributed by atoms with Gasteiger partial charge in [0.15, 0.2) is 0 Å². The predicted octanol–water partition coefficient (Wildman–Crippen LogP) is 1.97. The third-order valence-corrected chi connectivity index (χ3v) is 2.19. The van der Waals surface area contributed by atoms with Gasteiger partial charge in [-0.2, -0.15) is 17.4 Å². The Morgan fingerprint density at radius 3 is 2.44 bits per heavy atom. The normalized spacial score (nSPS) is 8.11. The second-order valence-corrected chi connectivity index (χ2v) is 3.67. The van der Waals surface area contributed by atoms with Crippen molar-refractivity contribution in [1.29, 1.82) is 0 Å². The molecule has 0 radical (unpaired) electrons. The van der Waals surface area contributed by atoms with Crippen molar-refractivity contribution in [3.8, 4) is 0 Å². The van der Waals surface area contributed by atoms with E-state index in [1.165, 1.54) is 11.3 Å². The van der Waals surface area contributed by atoms with Crippen molar-refractivity contribution in [2.24, 2.45) is 0 Å². The third-order valence-electron chi connectivity index (χ3n) is 0.674. The van der Waals surface area contributed by atoms with Crippen molar-refractivity contribution in [3.63, 3.8) is 0 Å². The first-order chi connectivity index (χ1) is 3.83. The molecule has 0 bridgehead atoms. The van der Waals surface area contributed by atoms with E-state index < -0.39 is 0 Å². The van der Waals surface area contributed by atoms with Crippen molar-refractivity contribution in [1.82, 2.24) is 0 Å². The van der Waals surface area contributed by atoms with Gasteiger partial charge in [-0.25, -0.2) is 0 Å². The molecule has 0 aliphatic carbocycles. The van der Waals surface area contributed by atoms with Crippen LogP contribution < -0.4 is 0 Å². The van der Waals surface area contributed by atoms with Gasteiger partial charge in [0.2, 0.25) is 0 Å². The Morgan fingerprint density at radius 1 is 1.56 bits per heavy atom. The summed E-state index contributed by atoms with van der Waals surface area (Å²) in [6.07, 6.45) is 1.79. The van der Waals surface area contributed by atoms with Gasteiger partial charge in [-0.05, 0) is 15.9 Å². The largest absolute Gasteiger partial charge is 0.417 e. The maximum absolute atomic E-state index is 9.88. The first-order valence-electron chi connectivity index (χ1n) is 1.96. The van der Waals surface area contributed by atoms with Gasteiger partial charge in [-0.15, -0.1) is 10.9 Å². The summed E-state index contributed by atoms with van der Waals surface area (Å²) in [7, 11) is 0. The molecule has 4 heteroatoms.